The van der Waals surface area contributed by atoms with Crippen LogP contribution in [0.15, 0.2) is 115 Å². The van der Waals surface area contributed by atoms with Gasteiger partial charge in [-0.25, -0.2) is 24.9 Å². The van der Waals surface area contributed by atoms with E-state index >= 15 is 0 Å². The number of nitrogens with one attached hydrogen (secondary N) is 2. The molecule has 0 saturated carbocycles. The van der Waals surface area contributed by atoms with Crippen molar-refractivity contribution in [3.05, 3.63) is 112 Å². The van der Waals surface area contributed by atoms with Gasteiger partial charge >= 0.3 is 0 Å². The maximum atomic E-state index is 8.13. The molecule has 0 bridgehead atoms. The molecule has 6 aromatic heterocycles. The molecule has 0 radical (unpaired) electrons. The minimum atomic E-state index is 0.168. The normalized spacial score (nSPS) is 12.6. The molecule has 0 spiro atoms. The summed E-state index contributed by atoms with van der Waals surface area (Å²) in [5.74, 6) is 3.23. The van der Waals surface area contributed by atoms with E-state index in [4.69, 9.17) is 40.1 Å². The third-order valence-corrected chi connectivity index (χ3v) is 12.8. The molecule has 8 aromatic rings. The first-order valence-corrected chi connectivity index (χ1v) is 20.9. The van der Waals surface area contributed by atoms with Crippen molar-refractivity contribution < 1.29 is 18.9 Å². The first kappa shape index (κ1) is 37.9. The van der Waals surface area contributed by atoms with Gasteiger partial charge in [0.05, 0.1) is 6.33 Å². The van der Waals surface area contributed by atoms with E-state index in [2.05, 4.69) is 72.4 Å². The average molecular weight is 943 g/mol. The lowest BCUT2D eigenvalue weighted by Gasteiger charge is -2.10. The minimum Gasteiger partial charge on any atom is -0.454 e. The predicted molar refractivity (Wildman–Crippen MR) is 222 cm³/mol. The number of aryl methyl sites for hydroxylation is 4. The fourth-order valence-corrected chi connectivity index (χ4v) is 9.02. The zero-order chi connectivity index (χ0) is 39.6. The first-order valence-electron chi connectivity index (χ1n) is 17.6. The molecular formula is C38H30Br2N12O4S2. The lowest BCUT2D eigenvalue weighted by molar-refractivity contribution is 0.173. The number of benzene rings is 2. The van der Waals surface area contributed by atoms with E-state index < -0.39 is 0 Å². The molecule has 0 unspecified atom stereocenters. The molecule has 2 aliphatic rings. The third-order valence-electron chi connectivity index (χ3n) is 9.00. The van der Waals surface area contributed by atoms with Crippen molar-refractivity contribution in [2.45, 2.75) is 46.0 Å². The zero-order valence-corrected chi connectivity index (χ0v) is 34.9. The van der Waals surface area contributed by atoms with Crippen LogP contribution in [0.25, 0.3) is 22.3 Å². The Bertz CT molecular complexity index is 2840. The van der Waals surface area contributed by atoms with Crippen LogP contribution in [0.1, 0.15) is 11.1 Å². The maximum absolute atomic E-state index is 8.13. The molecule has 10 rings (SSSR count). The smallest absolute Gasteiger partial charge is 0.231 e. The Hall–Kier alpha value is -5.70. The highest BCUT2D eigenvalue weighted by Gasteiger charge is 2.22. The summed E-state index contributed by atoms with van der Waals surface area (Å²) >= 11 is 10.1. The fourth-order valence-electron chi connectivity index (χ4n) is 6.13. The van der Waals surface area contributed by atoms with Crippen molar-refractivity contribution in [2.75, 3.05) is 19.3 Å². The molecule has 0 atom stereocenters. The SMILES string of the molecule is N=c1ncn(CCc2cccnc2)c2nc(Sc3cc4c(cc3Br)OCO4)[nH]c12.Nc1ncnc2c1nc(Sc1cc3c(cc1Br)OCO3)n2CCc1cccnc1. The number of aromatic nitrogens is 10. The van der Waals surface area contributed by atoms with Gasteiger partial charge in [0.25, 0.3) is 0 Å². The van der Waals surface area contributed by atoms with E-state index in [-0.39, 0.29) is 19.1 Å². The Morgan fingerprint density at radius 2 is 1.38 bits per heavy atom. The summed E-state index contributed by atoms with van der Waals surface area (Å²) in [6.45, 7) is 1.83. The standard InChI is InChI=1S/2C19H15BrN6O2S/c20-12-6-13-14(28-10-27-13)7-15(12)29-19-24-16-17(21)23-9-26(18(16)25-19)5-3-11-2-1-4-22-8-11;20-12-6-13-14(28-10-27-13)7-15(12)29-19-25-16-17(21)23-9-24-18(16)26(19)5-3-11-2-1-4-22-8-11/h1-2,4,6-9,21H,3,5,10H2,(H,24,25);1-2,4,6-9H,3,5,10H2,(H2,21,23,24). The molecule has 0 aliphatic carbocycles. The fraction of sp³-hybridized carbons (Fsp3) is 0.158. The van der Waals surface area contributed by atoms with Crippen LogP contribution in [0.5, 0.6) is 23.0 Å². The van der Waals surface area contributed by atoms with Crippen LogP contribution in [0.2, 0.25) is 0 Å². The Balaban J connectivity index is 0.000000150. The second-order valence-corrected chi connectivity index (χ2v) is 16.5. The van der Waals surface area contributed by atoms with Crippen LogP contribution < -0.4 is 30.2 Å². The van der Waals surface area contributed by atoms with E-state index in [0.29, 0.717) is 57.9 Å². The maximum Gasteiger partial charge on any atom is 0.231 e. The number of halogens is 2. The number of nitrogens with two attached hydrogens (primary N) is 1. The lowest BCUT2D eigenvalue weighted by atomic mass is 10.2. The number of ether oxygens (including phenoxy) is 4. The van der Waals surface area contributed by atoms with Crippen LogP contribution >= 0.6 is 55.4 Å². The van der Waals surface area contributed by atoms with Gasteiger partial charge in [-0.2, -0.15) is 0 Å². The van der Waals surface area contributed by atoms with Crippen LogP contribution in [0, 0.1) is 5.41 Å². The Morgan fingerprint density at radius 1 is 0.759 bits per heavy atom. The van der Waals surface area contributed by atoms with Crippen LogP contribution in [-0.2, 0) is 25.9 Å². The van der Waals surface area contributed by atoms with Crippen molar-refractivity contribution >= 4 is 83.5 Å². The second-order valence-electron chi connectivity index (χ2n) is 12.7. The van der Waals surface area contributed by atoms with Crippen LogP contribution in [-0.4, -0.2) is 62.6 Å². The van der Waals surface area contributed by atoms with Crippen molar-refractivity contribution in [1.82, 2.24) is 49.0 Å². The number of hydrogen-bond acceptors (Lipinski definition) is 15. The minimum absolute atomic E-state index is 0.168. The summed E-state index contributed by atoms with van der Waals surface area (Å²) in [7, 11) is 0. The number of imidazole rings is 2. The quantitative estimate of drug-likeness (QED) is 0.124. The van der Waals surface area contributed by atoms with Gasteiger partial charge in [0.1, 0.15) is 11.8 Å². The van der Waals surface area contributed by atoms with Crippen LogP contribution in [0.3, 0.4) is 0 Å². The number of aromatic amines is 1. The summed E-state index contributed by atoms with van der Waals surface area (Å²) in [6.07, 6.45) is 12.0. The lowest BCUT2D eigenvalue weighted by Crippen LogP contribution is -2.13. The number of H-pyrrole nitrogens is 1. The summed E-state index contributed by atoms with van der Waals surface area (Å²) < 4.78 is 27.6. The summed E-state index contributed by atoms with van der Waals surface area (Å²) in [4.78, 5) is 35.6. The highest BCUT2D eigenvalue weighted by atomic mass is 79.9. The van der Waals surface area contributed by atoms with Gasteiger partial charge in [-0.3, -0.25) is 15.4 Å². The molecule has 58 heavy (non-hydrogen) atoms. The van der Waals surface area contributed by atoms with Gasteiger partial charge in [0.15, 0.2) is 61.4 Å². The molecule has 2 aliphatic heterocycles. The Kier molecular flexibility index (Phi) is 10.9. The van der Waals surface area contributed by atoms with Crippen LogP contribution in [0.4, 0.5) is 5.82 Å². The van der Waals surface area contributed by atoms with Gasteiger partial charge in [0, 0.05) is 56.6 Å². The topological polar surface area (TPSA) is 203 Å². The van der Waals surface area contributed by atoms with Crippen molar-refractivity contribution in [3.63, 3.8) is 0 Å². The molecule has 16 nitrogen and oxygen atoms in total. The average Bonchev–Trinajstić information content (AvgIpc) is 4.05. The number of hydrogen-bond donors (Lipinski definition) is 3. The number of nitrogens with zero attached hydrogens (tertiary/aromatic N) is 9. The highest BCUT2D eigenvalue weighted by Crippen LogP contribution is 2.44. The second kappa shape index (κ2) is 16.6. The van der Waals surface area contributed by atoms with Crippen molar-refractivity contribution in [1.29, 1.82) is 5.41 Å². The van der Waals surface area contributed by atoms with Crippen molar-refractivity contribution in [2.24, 2.45) is 0 Å². The van der Waals surface area contributed by atoms with Gasteiger partial charge < -0.3 is 38.8 Å². The molecule has 2 aromatic carbocycles. The molecule has 292 valence electrons. The number of anilines is 1. The van der Waals surface area contributed by atoms with Crippen molar-refractivity contribution in [3.8, 4) is 23.0 Å². The summed E-state index contributed by atoms with van der Waals surface area (Å²) in [6, 6.07) is 15.6. The summed E-state index contributed by atoms with van der Waals surface area (Å²) in [5, 5.41) is 9.58. The molecule has 0 amide bonds. The number of fused-ring (bicyclic) bond motifs is 4. The number of nitrogen functional groups attached to an aromatic ring is 1. The number of pyridine rings is 2. The van der Waals surface area contributed by atoms with E-state index in [1.165, 1.54) is 29.9 Å². The Labute approximate surface area is 354 Å². The number of rotatable bonds is 10. The molecule has 0 fully saturated rings. The van der Waals surface area contributed by atoms with E-state index in [0.717, 1.165) is 59.4 Å². The molecule has 20 heteroatoms. The molecule has 0 saturated heterocycles. The Morgan fingerprint density at radius 3 is 2.02 bits per heavy atom. The molecule has 8 heterocycles. The van der Waals surface area contributed by atoms with Gasteiger partial charge in [0.2, 0.25) is 13.6 Å². The van der Waals surface area contributed by atoms with E-state index in [1.807, 2.05) is 59.4 Å². The van der Waals surface area contributed by atoms with Gasteiger partial charge in [-0.15, -0.1) is 0 Å². The zero-order valence-electron chi connectivity index (χ0n) is 30.1. The third kappa shape index (κ3) is 8.04. The van der Waals surface area contributed by atoms with E-state index in [1.54, 1.807) is 18.7 Å². The first-order chi connectivity index (χ1) is 28.4. The van der Waals surface area contributed by atoms with Gasteiger partial charge in [-0.1, -0.05) is 35.7 Å². The predicted octanol–water partition coefficient (Wildman–Crippen LogP) is 7.21. The monoisotopic (exact) mass is 940 g/mol. The molecule has 4 N–H and O–H groups in total. The highest BCUT2D eigenvalue weighted by molar-refractivity contribution is 9.10. The van der Waals surface area contributed by atoms with Gasteiger partial charge in [-0.05, 0) is 92.2 Å². The van der Waals surface area contributed by atoms with E-state index in [9.17, 15) is 0 Å². The molecular weight excluding hydrogens is 912 g/mol. The largest absolute Gasteiger partial charge is 0.454 e. The summed E-state index contributed by atoms with van der Waals surface area (Å²) in [5.41, 5.74) is 11.1.